The van der Waals surface area contributed by atoms with Crippen LogP contribution in [0.4, 0.5) is 4.79 Å². The molecule has 1 aliphatic carbocycles. The Balaban J connectivity index is 1.22. The molecule has 1 aromatic carbocycles. The molecular formula is C23H31N3O4. The third-order valence-corrected chi connectivity index (χ3v) is 6.19. The van der Waals surface area contributed by atoms with E-state index >= 15 is 0 Å². The number of carbonyl (C=O) groups is 3. The van der Waals surface area contributed by atoms with E-state index < -0.39 is 0 Å². The quantitative estimate of drug-likeness (QED) is 0.472. The Morgan fingerprint density at radius 2 is 2.00 bits per heavy atom. The van der Waals surface area contributed by atoms with Crippen LogP contribution in [0, 0.1) is 5.92 Å². The van der Waals surface area contributed by atoms with Crippen molar-refractivity contribution in [1.82, 2.24) is 15.1 Å². The van der Waals surface area contributed by atoms with Crippen LogP contribution in [0.15, 0.2) is 24.3 Å². The third-order valence-electron chi connectivity index (χ3n) is 6.19. The molecule has 1 aromatic rings. The summed E-state index contributed by atoms with van der Waals surface area (Å²) in [6, 6.07) is 8.06. The molecular weight excluding hydrogens is 382 g/mol. The minimum absolute atomic E-state index is 0.140. The van der Waals surface area contributed by atoms with E-state index in [4.69, 9.17) is 4.74 Å². The van der Waals surface area contributed by atoms with Crippen molar-refractivity contribution >= 4 is 17.8 Å². The molecule has 7 nitrogen and oxygen atoms in total. The average molecular weight is 414 g/mol. The molecule has 3 fully saturated rings. The number of imide groups is 1. The fourth-order valence-corrected chi connectivity index (χ4v) is 4.28. The standard InChI is InChI=1S/C23H31N3O4/c27-21-15-25(23(29)24-21)12-3-1-2-9-22(28)26-13-5-8-20(26)18-6-4-7-19(14-18)30-16-17-10-11-17/h4,6-7,14,17,20H,1-3,5,8-13,15-16H2,(H,24,27,29)/t20-/m1/s1. The van der Waals surface area contributed by atoms with Crippen LogP contribution in [0.25, 0.3) is 0 Å². The monoisotopic (exact) mass is 413 g/mol. The molecule has 0 unspecified atom stereocenters. The zero-order valence-corrected chi connectivity index (χ0v) is 17.5. The van der Waals surface area contributed by atoms with Crippen molar-refractivity contribution in [1.29, 1.82) is 0 Å². The summed E-state index contributed by atoms with van der Waals surface area (Å²) in [5.74, 6) is 1.59. The first-order chi connectivity index (χ1) is 14.6. The van der Waals surface area contributed by atoms with E-state index in [9.17, 15) is 14.4 Å². The Morgan fingerprint density at radius 3 is 2.77 bits per heavy atom. The molecule has 0 aromatic heterocycles. The SMILES string of the molecule is O=C1CN(CCCCCC(=O)N2CCC[C@@H]2c2cccc(OCC3CC3)c2)C(=O)N1. The van der Waals surface area contributed by atoms with E-state index in [1.54, 1.807) is 0 Å². The lowest BCUT2D eigenvalue weighted by atomic mass is 10.0. The predicted molar refractivity (Wildman–Crippen MR) is 112 cm³/mol. The van der Waals surface area contributed by atoms with Crippen molar-refractivity contribution in [3.05, 3.63) is 29.8 Å². The minimum atomic E-state index is -0.306. The second kappa shape index (κ2) is 9.49. The molecule has 4 rings (SSSR count). The predicted octanol–water partition coefficient (Wildman–Crippen LogP) is 3.25. The van der Waals surface area contributed by atoms with Crippen molar-refractivity contribution in [2.45, 2.75) is 57.4 Å². The van der Waals surface area contributed by atoms with Crippen LogP contribution in [0.5, 0.6) is 5.75 Å². The van der Waals surface area contributed by atoms with Crippen LogP contribution >= 0.6 is 0 Å². The molecule has 4 amide bonds. The summed E-state index contributed by atoms with van der Waals surface area (Å²) in [5.41, 5.74) is 1.17. The number of amides is 4. The van der Waals surface area contributed by atoms with Crippen LogP contribution in [0.2, 0.25) is 0 Å². The Labute approximate surface area is 177 Å². The number of likely N-dealkylation sites (tertiary alicyclic amines) is 1. The van der Waals surface area contributed by atoms with Gasteiger partial charge in [0.25, 0.3) is 0 Å². The highest BCUT2D eigenvalue weighted by Gasteiger charge is 2.30. The Kier molecular flexibility index (Phi) is 6.55. The topological polar surface area (TPSA) is 79.0 Å². The van der Waals surface area contributed by atoms with E-state index in [0.717, 1.165) is 56.9 Å². The molecule has 0 spiro atoms. The van der Waals surface area contributed by atoms with Gasteiger partial charge in [-0.2, -0.15) is 0 Å². The molecule has 2 aliphatic heterocycles. The van der Waals surface area contributed by atoms with Gasteiger partial charge in [0.15, 0.2) is 0 Å². The van der Waals surface area contributed by atoms with Crippen LogP contribution in [0.1, 0.15) is 63.0 Å². The molecule has 3 aliphatic rings. The van der Waals surface area contributed by atoms with E-state index in [2.05, 4.69) is 17.4 Å². The van der Waals surface area contributed by atoms with Crippen LogP contribution in [0.3, 0.4) is 0 Å². The fourth-order valence-electron chi connectivity index (χ4n) is 4.28. The van der Waals surface area contributed by atoms with Gasteiger partial charge in [-0.1, -0.05) is 18.6 Å². The van der Waals surface area contributed by atoms with Crippen LogP contribution in [-0.4, -0.2) is 53.9 Å². The normalized spacial score (nSPS) is 21.3. The number of ether oxygens (including phenoxy) is 1. The maximum Gasteiger partial charge on any atom is 0.324 e. The van der Waals surface area contributed by atoms with Crippen LogP contribution in [-0.2, 0) is 9.59 Å². The van der Waals surface area contributed by atoms with Gasteiger partial charge < -0.3 is 14.5 Å². The number of urea groups is 1. The summed E-state index contributed by atoms with van der Waals surface area (Å²) in [4.78, 5) is 39.1. The van der Waals surface area contributed by atoms with Crippen molar-refractivity contribution in [3.8, 4) is 5.75 Å². The largest absolute Gasteiger partial charge is 0.493 e. The fraction of sp³-hybridized carbons (Fsp3) is 0.609. The smallest absolute Gasteiger partial charge is 0.324 e. The lowest BCUT2D eigenvalue weighted by Crippen LogP contribution is -2.30. The second-order valence-electron chi connectivity index (χ2n) is 8.66. The molecule has 162 valence electrons. The summed E-state index contributed by atoms with van der Waals surface area (Å²) >= 11 is 0. The highest BCUT2D eigenvalue weighted by Crippen LogP contribution is 2.35. The van der Waals surface area contributed by atoms with Gasteiger partial charge in [-0.15, -0.1) is 0 Å². The number of rotatable bonds is 10. The molecule has 7 heteroatoms. The van der Waals surface area contributed by atoms with Gasteiger partial charge in [0.1, 0.15) is 12.3 Å². The number of nitrogens with one attached hydrogen (secondary N) is 1. The van der Waals surface area contributed by atoms with E-state index in [1.807, 2.05) is 17.0 Å². The summed E-state index contributed by atoms with van der Waals surface area (Å²) in [6.45, 7) is 2.32. The molecule has 0 radical (unpaired) electrons. The van der Waals surface area contributed by atoms with E-state index in [0.29, 0.717) is 13.0 Å². The minimum Gasteiger partial charge on any atom is -0.493 e. The maximum atomic E-state index is 12.8. The molecule has 1 atom stereocenters. The molecule has 2 heterocycles. The van der Waals surface area contributed by atoms with Gasteiger partial charge in [-0.05, 0) is 62.1 Å². The van der Waals surface area contributed by atoms with Crippen molar-refractivity contribution < 1.29 is 19.1 Å². The first-order valence-electron chi connectivity index (χ1n) is 11.2. The molecule has 0 bridgehead atoms. The van der Waals surface area contributed by atoms with Crippen LogP contribution < -0.4 is 10.1 Å². The summed E-state index contributed by atoms with van der Waals surface area (Å²) < 4.78 is 5.92. The van der Waals surface area contributed by atoms with Gasteiger partial charge in [-0.3, -0.25) is 14.9 Å². The summed E-state index contributed by atoms with van der Waals surface area (Å²) in [7, 11) is 0. The van der Waals surface area contributed by atoms with Gasteiger partial charge in [0.05, 0.1) is 12.6 Å². The highest BCUT2D eigenvalue weighted by molar-refractivity contribution is 6.01. The zero-order chi connectivity index (χ0) is 20.9. The lowest BCUT2D eigenvalue weighted by Gasteiger charge is -2.25. The number of benzene rings is 1. The number of unbranched alkanes of at least 4 members (excludes halogenated alkanes) is 2. The van der Waals surface area contributed by atoms with E-state index in [-0.39, 0.29) is 30.4 Å². The average Bonchev–Trinajstić information content (AvgIpc) is 3.33. The first-order valence-corrected chi connectivity index (χ1v) is 11.2. The summed E-state index contributed by atoms with van der Waals surface area (Å²) in [6.07, 6.45) is 7.57. The number of nitrogens with zero attached hydrogens (tertiary/aromatic N) is 2. The van der Waals surface area contributed by atoms with Crippen molar-refractivity contribution in [2.75, 3.05) is 26.2 Å². The van der Waals surface area contributed by atoms with Crippen molar-refractivity contribution in [2.24, 2.45) is 5.92 Å². The molecule has 1 N–H and O–H groups in total. The van der Waals surface area contributed by atoms with Gasteiger partial charge in [0, 0.05) is 19.5 Å². The van der Waals surface area contributed by atoms with Crippen molar-refractivity contribution in [3.63, 3.8) is 0 Å². The maximum absolute atomic E-state index is 12.8. The number of carbonyl (C=O) groups excluding carboxylic acids is 3. The summed E-state index contributed by atoms with van der Waals surface area (Å²) in [5, 5.41) is 2.28. The van der Waals surface area contributed by atoms with E-state index in [1.165, 1.54) is 23.3 Å². The Hall–Kier alpha value is -2.57. The molecule has 30 heavy (non-hydrogen) atoms. The molecule has 1 saturated carbocycles. The van der Waals surface area contributed by atoms with Gasteiger partial charge >= 0.3 is 6.03 Å². The highest BCUT2D eigenvalue weighted by atomic mass is 16.5. The third kappa shape index (κ3) is 5.32. The zero-order valence-electron chi connectivity index (χ0n) is 17.5. The Bertz CT molecular complexity index is 792. The first kappa shape index (κ1) is 20.7. The lowest BCUT2D eigenvalue weighted by molar-refractivity contribution is -0.132. The van der Waals surface area contributed by atoms with Gasteiger partial charge in [-0.25, -0.2) is 4.79 Å². The molecule has 2 saturated heterocycles. The Morgan fingerprint density at radius 1 is 1.13 bits per heavy atom. The second-order valence-corrected chi connectivity index (χ2v) is 8.66. The van der Waals surface area contributed by atoms with Gasteiger partial charge in [0.2, 0.25) is 11.8 Å². The number of hydrogen-bond donors (Lipinski definition) is 1. The number of hydrogen-bond acceptors (Lipinski definition) is 4.